The van der Waals surface area contributed by atoms with Gasteiger partial charge in [-0.3, -0.25) is 0 Å². The van der Waals surface area contributed by atoms with Crippen LogP contribution in [-0.4, -0.2) is 42.7 Å². The van der Waals surface area contributed by atoms with E-state index < -0.39 is 22.0 Å². The highest BCUT2D eigenvalue weighted by Gasteiger charge is 2.19. The van der Waals surface area contributed by atoms with Gasteiger partial charge in [-0.1, -0.05) is 12.1 Å². The van der Waals surface area contributed by atoms with Crippen molar-refractivity contribution in [3.63, 3.8) is 0 Å². The molecule has 0 aliphatic heterocycles. The zero-order valence-corrected chi connectivity index (χ0v) is 10.3. The van der Waals surface area contributed by atoms with E-state index in [-0.39, 0.29) is 17.9 Å². The summed E-state index contributed by atoms with van der Waals surface area (Å²) in [6.07, 6.45) is -1.22. The average Bonchev–Trinajstić information content (AvgIpc) is 2.27. The molecule has 0 saturated heterocycles. The standard InChI is InChI=1S/C11H16O5S/c1-17(15,16)9-4-2-3-8(7-9)11(14)10(13)5-6-12/h2-4,7,10-14H,5-6H2,1H3. The van der Waals surface area contributed by atoms with E-state index in [2.05, 4.69) is 0 Å². The number of benzene rings is 1. The van der Waals surface area contributed by atoms with Crippen LogP contribution in [0.1, 0.15) is 18.1 Å². The second-order valence-electron chi connectivity index (χ2n) is 3.87. The molecule has 0 bridgehead atoms. The van der Waals surface area contributed by atoms with Crippen LogP contribution in [0.3, 0.4) is 0 Å². The van der Waals surface area contributed by atoms with Gasteiger partial charge in [0.1, 0.15) is 6.10 Å². The Labute approximate surface area is 100 Å². The van der Waals surface area contributed by atoms with Crippen LogP contribution in [0.4, 0.5) is 0 Å². The summed E-state index contributed by atoms with van der Waals surface area (Å²) in [5, 5.41) is 27.9. The van der Waals surface area contributed by atoms with Gasteiger partial charge >= 0.3 is 0 Å². The Morgan fingerprint density at radius 1 is 1.29 bits per heavy atom. The third-order valence-electron chi connectivity index (χ3n) is 2.42. The average molecular weight is 260 g/mol. The molecule has 6 heteroatoms. The molecule has 96 valence electrons. The lowest BCUT2D eigenvalue weighted by Gasteiger charge is -2.17. The van der Waals surface area contributed by atoms with Gasteiger partial charge in [0.15, 0.2) is 9.84 Å². The summed E-state index contributed by atoms with van der Waals surface area (Å²) in [6.45, 7) is -0.246. The van der Waals surface area contributed by atoms with Crippen molar-refractivity contribution in [2.75, 3.05) is 12.9 Å². The molecule has 3 N–H and O–H groups in total. The molecule has 1 rings (SSSR count). The zero-order valence-electron chi connectivity index (χ0n) is 9.44. The highest BCUT2D eigenvalue weighted by atomic mass is 32.2. The lowest BCUT2D eigenvalue weighted by molar-refractivity contribution is 0.00410. The first-order chi connectivity index (χ1) is 7.86. The lowest BCUT2D eigenvalue weighted by atomic mass is 10.0. The Bertz CT molecular complexity index is 469. The quantitative estimate of drug-likeness (QED) is 0.685. The van der Waals surface area contributed by atoms with Crippen LogP contribution in [0.5, 0.6) is 0 Å². The highest BCUT2D eigenvalue weighted by Crippen LogP contribution is 2.21. The van der Waals surface area contributed by atoms with Crippen molar-refractivity contribution >= 4 is 9.84 Å². The van der Waals surface area contributed by atoms with Crippen molar-refractivity contribution in [3.05, 3.63) is 29.8 Å². The molecule has 0 spiro atoms. The molecule has 1 aromatic carbocycles. The number of aliphatic hydroxyl groups is 3. The van der Waals surface area contributed by atoms with Crippen molar-refractivity contribution in [2.45, 2.75) is 23.5 Å². The van der Waals surface area contributed by atoms with Gasteiger partial charge in [0.2, 0.25) is 0 Å². The lowest BCUT2D eigenvalue weighted by Crippen LogP contribution is -2.19. The Balaban J connectivity index is 3.00. The van der Waals surface area contributed by atoms with Crippen molar-refractivity contribution in [1.82, 2.24) is 0 Å². The van der Waals surface area contributed by atoms with Crippen LogP contribution in [0.2, 0.25) is 0 Å². The smallest absolute Gasteiger partial charge is 0.175 e. The molecule has 0 aliphatic carbocycles. The number of rotatable bonds is 5. The van der Waals surface area contributed by atoms with E-state index in [9.17, 15) is 18.6 Å². The molecular weight excluding hydrogens is 244 g/mol. The molecule has 0 fully saturated rings. The Hall–Kier alpha value is -0.950. The summed E-state index contributed by atoms with van der Waals surface area (Å²) in [7, 11) is -3.34. The number of sulfone groups is 1. The Morgan fingerprint density at radius 3 is 2.47 bits per heavy atom. The van der Waals surface area contributed by atoms with Gasteiger partial charge in [-0.2, -0.15) is 0 Å². The first-order valence-corrected chi connectivity index (χ1v) is 7.02. The maximum Gasteiger partial charge on any atom is 0.175 e. The van der Waals surface area contributed by atoms with Crippen LogP contribution >= 0.6 is 0 Å². The van der Waals surface area contributed by atoms with Crippen LogP contribution in [0.15, 0.2) is 29.2 Å². The number of aliphatic hydroxyl groups excluding tert-OH is 3. The first-order valence-electron chi connectivity index (χ1n) is 5.13. The summed E-state index contributed by atoms with van der Waals surface area (Å²) in [5.74, 6) is 0. The van der Waals surface area contributed by atoms with E-state index in [1.165, 1.54) is 24.3 Å². The van der Waals surface area contributed by atoms with Gasteiger partial charge in [-0.15, -0.1) is 0 Å². The summed E-state index contributed by atoms with van der Waals surface area (Å²) in [6, 6.07) is 5.77. The number of hydrogen-bond acceptors (Lipinski definition) is 5. The number of hydrogen-bond donors (Lipinski definition) is 3. The summed E-state index contributed by atoms with van der Waals surface area (Å²) in [5.41, 5.74) is 0.314. The molecule has 2 unspecified atom stereocenters. The topological polar surface area (TPSA) is 94.8 Å². The van der Waals surface area contributed by atoms with E-state index in [0.29, 0.717) is 5.56 Å². The normalized spacial score (nSPS) is 15.5. The predicted molar refractivity (Wildman–Crippen MR) is 62.2 cm³/mol. The molecular formula is C11H16O5S. The van der Waals surface area contributed by atoms with Gasteiger partial charge < -0.3 is 15.3 Å². The van der Waals surface area contributed by atoms with E-state index >= 15 is 0 Å². The van der Waals surface area contributed by atoms with Crippen LogP contribution < -0.4 is 0 Å². The van der Waals surface area contributed by atoms with Crippen LogP contribution in [-0.2, 0) is 9.84 Å². The maximum atomic E-state index is 11.3. The second-order valence-corrected chi connectivity index (χ2v) is 5.88. The molecule has 0 aliphatic rings. The molecule has 0 aromatic heterocycles. The maximum absolute atomic E-state index is 11.3. The first kappa shape index (κ1) is 14.1. The summed E-state index contributed by atoms with van der Waals surface area (Å²) < 4.78 is 22.6. The monoisotopic (exact) mass is 260 g/mol. The minimum Gasteiger partial charge on any atom is -0.396 e. The Morgan fingerprint density at radius 2 is 1.94 bits per heavy atom. The summed E-state index contributed by atoms with van der Waals surface area (Å²) >= 11 is 0. The third kappa shape index (κ3) is 3.78. The molecule has 1 aromatic rings. The molecule has 2 atom stereocenters. The fraction of sp³-hybridized carbons (Fsp3) is 0.455. The van der Waals surface area contributed by atoms with E-state index in [4.69, 9.17) is 5.11 Å². The molecule has 0 heterocycles. The van der Waals surface area contributed by atoms with Crippen LogP contribution in [0.25, 0.3) is 0 Å². The van der Waals surface area contributed by atoms with Gasteiger partial charge in [0, 0.05) is 12.9 Å². The van der Waals surface area contributed by atoms with Crippen molar-refractivity contribution in [2.24, 2.45) is 0 Å². The van der Waals surface area contributed by atoms with Gasteiger partial charge in [-0.25, -0.2) is 8.42 Å². The van der Waals surface area contributed by atoms with Gasteiger partial charge in [-0.05, 0) is 24.1 Å². The Kier molecular flexibility index (Phi) is 4.64. The van der Waals surface area contributed by atoms with Gasteiger partial charge in [0.25, 0.3) is 0 Å². The van der Waals surface area contributed by atoms with Crippen LogP contribution in [0, 0.1) is 0 Å². The van der Waals surface area contributed by atoms with E-state index in [1.54, 1.807) is 0 Å². The SMILES string of the molecule is CS(=O)(=O)c1cccc(C(O)C(O)CCO)c1. The van der Waals surface area contributed by atoms with Gasteiger partial charge in [0.05, 0.1) is 11.0 Å². The third-order valence-corrected chi connectivity index (χ3v) is 3.53. The molecule has 17 heavy (non-hydrogen) atoms. The fourth-order valence-corrected chi connectivity index (χ4v) is 2.12. The summed E-state index contributed by atoms with van der Waals surface area (Å²) in [4.78, 5) is 0.0882. The molecule has 5 nitrogen and oxygen atoms in total. The van der Waals surface area contributed by atoms with E-state index in [1.807, 2.05) is 0 Å². The molecule has 0 radical (unpaired) electrons. The second kappa shape index (κ2) is 5.59. The van der Waals surface area contributed by atoms with Crippen molar-refractivity contribution < 1.29 is 23.7 Å². The predicted octanol–water partition coefficient (Wildman–Crippen LogP) is -0.133. The van der Waals surface area contributed by atoms with Crippen molar-refractivity contribution in [3.8, 4) is 0 Å². The van der Waals surface area contributed by atoms with E-state index in [0.717, 1.165) is 6.26 Å². The fourth-order valence-electron chi connectivity index (χ4n) is 1.44. The molecule has 0 saturated carbocycles. The minimum absolute atomic E-state index is 0.0320. The highest BCUT2D eigenvalue weighted by molar-refractivity contribution is 7.90. The largest absolute Gasteiger partial charge is 0.396 e. The molecule has 0 amide bonds. The zero-order chi connectivity index (χ0) is 13.1. The minimum atomic E-state index is -3.34. The van der Waals surface area contributed by atoms with Crippen molar-refractivity contribution in [1.29, 1.82) is 0 Å².